The molecule has 1 aromatic heterocycles. The molecule has 4 heteroatoms. The summed E-state index contributed by atoms with van der Waals surface area (Å²) in [7, 11) is 0. The van der Waals surface area contributed by atoms with Gasteiger partial charge in [-0.3, -0.25) is 9.63 Å². The molecule has 0 bridgehead atoms. The van der Waals surface area contributed by atoms with Crippen LogP contribution in [0.3, 0.4) is 0 Å². The molecule has 1 aromatic carbocycles. The number of carbonyl (C=O) groups is 1. The first kappa shape index (κ1) is 16.8. The number of aryl methyl sites for hydroxylation is 1. The summed E-state index contributed by atoms with van der Waals surface area (Å²) < 4.78 is 2.20. The van der Waals surface area contributed by atoms with Crippen molar-refractivity contribution in [1.82, 2.24) is 10.0 Å². The summed E-state index contributed by atoms with van der Waals surface area (Å²) in [6, 6.07) is 8.49. The van der Waals surface area contributed by atoms with E-state index >= 15 is 0 Å². The molecule has 0 saturated heterocycles. The van der Waals surface area contributed by atoms with Gasteiger partial charge in [0.15, 0.2) is 0 Å². The van der Waals surface area contributed by atoms with Crippen molar-refractivity contribution in [3.8, 4) is 0 Å². The van der Waals surface area contributed by atoms with Gasteiger partial charge in [-0.15, -0.1) is 0 Å². The highest BCUT2D eigenvalue weighted by Gasteiger charge is 2.26. The number of nitrogens with zero attached hydrogens (tertiary/aromatic N) is 1. The van der Waals surface area contributed by atoms with Crippen LogP contribution in [0, 0.1) is 13.8 Å². The third-order valence-electron chi connectivity index (χ3n) is 4.79. The van der Waals surface area contributed by atoms with Crippen molar-refractivity contribution in [2.24, 2.45) is 0 Å². The molecule has 0 saturated carbocycles. The van der Waals surface area contributed by atoms with Gasteiger partial charge < -0.3 is 4.57 Å². The van der Waals surface area contributed by atoms with E-state index in [9.17, 15) is 4.79 Å². The van der Waals surface area contributed by atoms with Gasteiger partial charge in [-0.1, -0.05) is 29.8 Å². The summed E-state index contributed by atoms with van der Waals surface area (Å²) in [6.07, 6.45) is 4.51. The van der Waals surface area contributed by atoms with Crippen LogP contribution in [0.4, 0.5) is 0 Å². The van der Waals surface area contributed by atoms with Crippen molar-refractivity contribution < 1.29 is 9.63 Å². The Bertz CT molecular complexity index is 746. The Hall–Kier alpha value is -2.07. The maximum atomic E-state index is 12.7. The van der Waals surface area contributed by atoms with E-state index in [2.05, 4.69) is 48.2 Å². The first-order valence-corrected chi connectivity index (χ1v) is 8.80. The molecule has 128 valence electrons. The van der Waals surface area contributed by atoms with E-state index in [1.165, 1.54) is 35.2 Å². The Balaban J connectivity index is 2.03. The van der Waals surface area contributed by atoms with Crippen LogP contribution in [-0.4, -0.2) is 17.1 Å². The van der Waals surface area contributed by atoms with E-state index in [0.717, 1.165) is 30.6 Å². The van der Waals surface area contributed by atoms with Crippen molar-refractivity contribution in [3.63, 3.8) is 0 Å². The molecule has 0 fully saturated rings. The summed E-state index contributed by atoms with van der Waals surface area (Å²) in [6.45, 7) is 7.22. The fraction of sp³-hybridized carbons (Fsp3) is 0.450. The van der Waals surface area contributed by atoms with Crippen LogP contribution in [-0.2, 0) is 24.2 Å². The maximum Gasteiger partial charge on any atom is 0.291 e. The molecule has 0 radical (unpaired) electrons. The van der Waals surface area contributed by atoms with Gasteiger partial charge in [0.1, 0.15) is 5.69 Å². The summed E-state index contributed by atoms with van der Waals surface area (Å²) in [4.78, 5) is 17.8. The van der Waals surface area contributed by atoms with E-state index < -0.39 is 0 Å². The molecular weight excluding hydrogens is 300 g/mol. The molecular formula is C20H26N2O2. The van der Waals surface area contributed by atoms with Crippen molar-refractivity contribution in [2.45, 2.75) is 53.0 Å². The number of nitrogens with one attached hydrogen (secondary N) is 1. The van der Waals surface area contributed by atoms with E-state index in [-0.39, 0.29) is 5.91 Å². The van der Waals surface area contributed by atoms with Crippen LogP contribution in [0.2, 0.25) is 0 Å². The molecule has 0 unspecified atom stereocenters. The second-order valence-corrected chi connectivity index (χ2v) is 6.55. The van der Waals surface area contributed by atoms with E-state index in [0.29, 0.717) is 6.61 Å². The van der Waals surface area contributed by atoms with Gasteiger partial charge >= 0.3 is 0 Å². The standard InChI is InChI=1S/C20H26N2O2/c1-4-24-21-20(23)19-15(3)17-10-5-6-11-18(17)22(19)13-16-9-7-8-14(2)12-16/h7-9,12H,4-6,10-11,13H2,1-3H3,(H,21,23). The van der Waals surface area contributed by atoms with Crippen LogP contribution in [0.25, 0.3) is 0 Å². The first-order valence-electron chi connectivity index (χ1n) is 8.80. The maximum absolute atomic E-state index is 12.7. The Labute approximate surface area is 143 Å². The largest absolute Gasteiger partial charge is 0.336 e. The fourth-order valence-corrected chi connectivity index (χ4v) is 3.72. The zero-order chi connectivity index (χ0) is 17.1. The number of hydroxylamine groups is 1. The normalized spacial score (nSPS) is 13.6. The summed E-state index contributed by atoms with van der Waals surface area (Å²) >= 11 is 0. The van der Waals surface area contributed by atoms with Crippen LogP contribution in [0.15, 0.2) is 24.3 Å². The highest BCUT2D eigenvalue weighted by atomic mass is 16.6. The van der Waals surface area contributed by atoms with Gasteiger partial charge in [0, 0.05) is 12.2 Å². The lowest BCUT2D eigenvalue weighted by molar-refractivity contribution is 0.0355. The van der Waals surface area contributed by atoms with Gasteiger partial charge in [0.25, 0.3) is 5.91 Å². The lowest BCUT2D eigenvalue weighted by Crippen LogP contribution is -2.27. The third-order valence-corrected chi connectivity index (χ3v) is 4.79. The Morgan fingerprint density at radius 2 is 2.04 bits per heavy atom. The number of hydrogen-bond acceptors (Lipinski definition) is 2. The minimum atomic E-state index is -0.142. The number of aromatic nitrogens is 1. The molecule has 1 N–H and O–H groups in total. The summed E-state index contributed by atoms with van der Waals surface area (Å²) in [5.41, 5.74) is 9.57. The lowest BCUT2D eigenvalue weighted by Gasteiger charge is -2.17. The van der Waals surface area contributed by atoms with Crippen molar-refractivity contribution in [2.75, 3.05) is 6.61 Å². The van der Waals surface area contributed by atoms with Crippen molar-refractivity contribution in [1.29, 1.82) is 0 Å². The van der Waals surface area contributed by atoms with E-state index in [1.807, 2.05) is 6.92 Å². The molecule has 1 aliphatic rings. The average Bonchev–Trinajstić information content (AvgIpc) is 2.86. The summed E-state index contributed by atoms with van der Waals surface area (Å²) in [5.74, 6) is -0.142. The predicted octanol–water partition coefficient (Wildman–Crippen LogP) is 3.71. The quantitative estimate of drug-likeness (QED) is 0.851. The number of carbonyl (C=O) groups excluding carboxylic acids is 1. The molecule has 2 aromatic rings. The zero-order valence-electron chi connectivity index (χ0n) is 14.8. The first-order chi connectivity index (χ1) is 11.6. The fourth-order valence-electron chi connectivity index (χ4n) is 3.72. The predicted molar refractivity (Wildman–Crippen MR) is 95.2 cm³/mol. The molecule has 1 aliphatic carbocycles. The zero-order valence-corrected chi connectivity index (χ0v) is 14.8. The van der Waals surface area contributed by atoms with Crippen molar-refractivity contribution in [3.05, 3.63) is 57.9 Å². The number of benzene rings is 1. The average molecular weight is 326 g/mol. The smallest absolute Gasteiger partial charge is 0.291 e. The highest BCUT2D eigenvalue weighted by Crippen LogP contribution is 2.30. The molecule has 3 rings (SSSR count). The minimum Gasteiger partial charge on any atom is -0.336 e. The highest BCUT2D eigenvalue weighted by molar-refractivity contribution is 5.94. The number of fused-ring (bicyclic) bond motifs is 1. The van der Waals surface area contributed by atoms with E-state index in [1.54, 1.807) is 0 Å². The minimum absolute atomic E-state index is 0.142. The Kier molecular flexibility index (Phi) is 5.05. The van der Waals surface area contributed by atoms with Crippen LogP contribution in [0.1, 0.15) is 58.2 Å². The van der Waals surface area contributed by atoms with Crippen LogP contribution in [0.5, 0.6) is 0 Å². The SMILES string of the molecule is CCONC(=O)c1c(C)c2c(n1Cc1cccc(C)c1)CCCC2. The third kappa shape index (κ3) is 3.24. The van der Waals surface area contributed by atoms with Gasteiger partial charge in [0.05, 0.1) is 6.61 Å². The van der Waals surface area contributed by atoms with Crippen LogP contribution < -0.4 is 5.48 Å². The lowest BCUT2D eigenvalue weighted by atomic mass is 9.95. The second-order valence-electron chi connectivity index (χ2n) is 6.55. The molecule has 0 aliphatic heterocycles. The molecule has 0 atom stereocenters. The monoisotopic (exact) mass is 326 g/mol. The van der Waals surface area contributed by atoms with Gasteiger partial charge in [-0.25, -0.2) is 5.48 Å². The molecule has 1 amide bonds. The number of rotatable bonds is 5. The Morgan fingerprint density at radius 1 is 1.25 bits per heavy atom. The molecule has 0 spiro atoms. The number of hydrogen-bond donors (Lipinski definition) is 1. The van der Waals surface area contributed by atoms with Gasteiger partial charge in [-0.05, 0) is 63.1 Å². The topological polar surface area (TPSA) is 43.3 Å². The van der Waals surface area contributed by atoms with Crippen molar-refractivity contribution >= 4 is 5.91 Å². The molecule has 1 heterocycles. The second kappa shape index (κ2) is 7.22. The van der Waals surface area contributed by atoms with Gasteiger partial charge in [0.2, 0.25) is 0 Å². The molecule has 4 nitrogen and oxygen atoms in total. The van der Waals surface area contributed by atoms with E-state index in [4.69, 9.17) is 4.84 Å². The van der Waals surface area contributed by atoms with Gasteiger partial charge in [-0.2, -0.15) is 0 Å². The Morgan fingerprint density at radius 3 is 2.79 bits per heavy atom. The number of amides is 1. The summed E-state index contributed by atoms with van der Waals surface area (Å²) in [5, 5.41) is 0. The molecule has 24 heavy (non-hydrogen) atoms. The van der Waals surface area contributed by atoms with Crippen LogP contribution >= 0.6 is 0 Å².